The number of imide groups is 1. The molecule has 2 amide bonds. The van der Waals surface area contributed by atoms with Gasteiger partial charge >= 0.3 is 0 Å². The highest BCUT2D eigenvalue weighted by molar-refractivity contribution is 8.18. The summed E-state index contributed by atoms with van der Waals surface area (Å²) in [7, 11) is 1.54. The van der Waals surface area contributed by atoms with E-state index in [1.54, 1.807) is 18.2 Å². The molecule has 1 aliphatic heterocycles. The molecular weight excluding hydrogens is 455 g/mol. The topological polar surface area (TPSA) is 60.8 Å². The molecule has 1 saturated heterocycles. The molecule has 0 aliphatic carbocycles. The van der Waals surface area contributed by atoms with Crippen LogP contribution in [0.2, 0.25) is 0 Å². The van der Waals surface area contributed by atoms with E-state index < -0.39 is 0 Å². The Morgan fingerprint density at radius 1 is 1.03 bits per heavy atom. The molecule has 176 valence electrons. The smallest absolute Gasteiger partial charge is 0.293 e. The molecule has 1 fully saturated rings. The lowest BCUT2D eigenvalue weighted by Gasteiger charge is -2.12. The van der Waals surface area contributed by atoms with Gasteiger partial charge in [-0.25, -0.2) is 4.39 Å². The second-order valence-electron chi connectivity index (χ2n) is 7.90. The van der Waals surface area contributed by atoms with Crippen LogP contribution in [0.15, 0.2) is 59.5 Å². The van der Waals surface area contributed by atoms with E-state index in [2.05, 4.69) is 4.57 Å². The van der Waals surface area contributed by atoms with Crippen LogP contribution in [0, 0.1) is 19.7 Å². The van der Waals surface area contributed by atoms with Crippen molar-refractivity contribution in [1.29, 1.82) is 0 Å². The molecule has 0 atom stereocenters. The molecule has 34 heavy (non-hydrogen) atoms. The van der Waals surface area contributed by atoms with Gasteiger partial charge < -0.3 is 14.0 Å². The second-order valence-corrected chi connectivity index (χ2v) is 8.89. The van der Waals surface area contributed by atoms with Gasteiger partial charge in [0, 0.05) is 24.2 Å². The molecule has 0 N–H and O–H groups in total. The summed E-state index contributed by atoms with van der Waals surface area (Å²) in [5, 5.41) is -0.279. The molecule has 2 aromatic carbocycles. The highest BCUT2D eigenvalue weighted by atomic mass is 32.2. The lowest BCUT2D eigenvalue weighted by atomic mass is 10.2. The number of hydrogen-bond donors (Lipinski definition) is 0. The third-order valence-electron chi connectivity index (χ3n) is 5.56. The van der Waals surface area contributed by atoms with Crippen molar-refractivity contribution in [3.05, 3.63) is 87.8 Å². The van der Waals surface area contributed by atoms with Gasteiger partial charge in [0.05, 0.1) is 18.1 Å². The zero-order valence-electron chi connectivity index (χ0n) is 19.2. The van der Waals surface area contributed by atoms with Gasteiger partial charge in [0.15, 0.2) is 0 Å². The van der Waals surface area contributed by atoms with E-state index in [0.717, 1.165) is 40.0 Å². The van der Waals surface area contributed by atoms with E-state index in [4.69, 9.17) is 9.47 Å². The summed E-state index contributed by atoms with van der Waals surface area (Å²) < 4.78 is 25.9. The maximum absolute atomic E-state index is 13.0. The van der Waals surface area contributed by atoms with E-state index in [-0.39, 0.29) is 23.5 Å². The first-order valence-corrected chi connectivity index (χ1v) is 11.6. The first-order chi connectivity index (χ1) is 16.4. The zero-order valence-corrected chi connectivity index (χ0v) is 20.0. The largest absolute Gasteiger partial charge is 0.489 e. The van der Waals surface area contributed by atoms with Gasteiger partial charge in [-0.15, -0.1) is 0 Å². The van der Waals surface area contributed by atoms with Gasteiger partial charge in [-0.05, 0) is 85.3 Å². The molecule has 1 aromatic heterocycles. The lowest BCUT2D eigenvalue weighted by Crippen LogP contribution is -2.31. The van der Waals surface area contributed by atoms with Crippen LogP contribution >= 0.6 is 11.8 Å². The van der Waals surface area contributed by atoms with E-state index in [1.165, 1.54) is 24.1 Å². The van der Waals surface area contributed by atoms with Crippen molar-refractivity contribution in [2.45, 2.75) is 20.5 Å². The number of aromatic nitrogens is 1. The number of halogens is 1. The number of carbonyl (C=O) groups is 2. The van der Waals surface area contributed by atoms with Crippen molar-refractivity contribution in [2.24, 2.45) is 0 Å². The third kappa shape index (κ3) is 5.08. The number of rotatable bonds is 8. The van der Waals surface area contributed by atoms with E-state index >= 15 is 0 Å². The Hall–Kier alpha value is -3.36. The maximum Gasteiger partial charge on any atom is 0.293 e. The van der Waals surface area contributed by atoms with Crippen LogP contribution in [0.3, 0.4) is 0 Å². The molecule has 2 heterocycles. The molecule has 0 spiro atoms. The van der Waals surface area contributed by atoms with Crippen molar-refractivity contribution in [3.63, 3.8) is 0 Å². The van der Waals surface area contributed by atoms with Crippen LogP contribution in [0.1, 0.15) is 22.5 Å². The van der Waals surface area contributed by atoms with Crippen molar-refractivity contribution >= 4 is 29.0 Å². The Morgan fingerprint density at radius 3 is 2.41 bits per heavy atom. The second kappa shape index (κ2) is 10.3. The van der Waals surface area contributed by atoms with Crippen LogP contribution in [0.5, 0.6) is 5.75 Å². The summed E-state index contributed by atoms with van der Waals surface area (Å²) in [4.78, 5) is 26.5. The lowest BCUT2D eigenvalue weighted by molar-refractivity contribution is -0.123. The number of carbonyl (C=O) groups excluding carboxylic acids is 2. The molecule has 6 nitrogen and oxygen atoms in total. The quantitative estimate of drug-likeness (QED) is 0.399. The molecule has 0 saturated carbocycles. The zero-order chi connectivity index (χ0) is 24.2. The van der Waals surface area contributed by atoms with Gasteiger partial charge in [0.2, 0.25) is 0 Å². The van der Waals surface area contributed by atoms with Gasteiger partial charge in [0.1, 0.15) is 18.2 Å². The van der Waals surface area contributed by atoms with Crippen LogP contribution in [0.25, 0.3) is 11.8 Å². The van der Waals surface area contributed by atoms with Gasteiger partial charge in [-0.2, -0.15) is 0 Å². The van der Waals surface area contributed by atoms with Gasteiger partial charge in [-0.3, -0.25) is 14.5 Å². The van der Waals surface area contributed by atoms with Crippen LogP contribution in [-0.2, 0) is 16.1 Å². The normalized spacial score (nSPS) is 14.9. The first kappa shape index (κ1) is 23.8. The summed E-state index contributed by atoms with van der Waals surface area (Å²) in [6.07, 6.45) is 1.77. The molecule has 0 radical (unpaired) electrons. The van der Waals surface area contributed by atoms with E-state index in [9.17, 15) is 14.0 Å². The predicted molar refractivity (Wildman–Crippen MR) is 131 cm³/mol. The number of nitrogens with zero attached hydrogens (tertiary/aromatic N) is 2. The molecule has 0 bridgehead atoms. The Morgan fingerprint density at radius 2 is 1.74 bits per heavy atom. The Balaban J connectivity index is 1.50. The molecule has 3 aromatic rings. The van der Waals surface area contributed by atoms with Gasteiger partial charge in [-0.1, -0.05) is 12.1 Å². The average Bonchev–Trinajstić information content (AvgIpc) is 3.26. The first-order valence-electron chi connectivity index (χ1n) is 10.8. The minimum atomic E-state index is -0.292. The van der Waals surface area contributed by atoms with E-state index in [1.807, 2.05) is 44.2 Å². The fraction of sp³-hybridized carbons (Fsp3) is 0.231. The summed E-state index contributed by atoms with van der Waals surface area (Å²) in [6, 6.07) is 15.9. The maximum atomic E-state index is 13.0. The number of benzene rings is 2. The summed E-state index contributed by atoms with van der Waals surface area (Å²) >= 11 is 0.949. The summed E-state index contributed by atoms with van der Waals surface area (Å²) in [5.74, 6) is 0.145. The highest BCUT2D eigenvalue weighted by Gasteiger charge is 2.34. The SMILES string of the molecule is COCCN1C(=O)S/C(=C/c2cc(C)n(-c3ccc(OCc4ccc(F)cc4)cc3)c2C)C1=O. The fourth-order valence-electron chi connectivity index (χ4n) is 3.79. The number of hydrogen-bond acceptors (Lipinski definition) is 5. The number of thioether (sulfide) groups is 1. The van der Waals surface area contributed by atoms with Crippen molar-refractivity contribution in [1.82, 2.24) is 9.47 Å². The number of amides is 2. The fourth-order valence-corrected chi connectivity index (χ4v) is 4.64. The summed E-state index contributed by atoms with van der Waals surface area (Å²) in [6.45, 7) is 4.88. The number of methoxy groups -OCH3 is 1. The average molecular weight is 481 g/mol. The Labute approximate surface area is 202 Å². The van der Waals surface area contributed by atoms with Crippen LogP contribution in [-0.4, -0.2) is 40.9 Å². The van der Waals surface area contributed by atoms with Crippen molar-refractivity contribution in [2.75, 3.05) is 20.3 Å². The number of aryl methyl sites for hydroxylation is 1. The van der Waals surface area contributed by atoms with Crippen molar-refractivity contribution < 1.29 is 23.5 Å². The molecular formula is C26H25FN2O4S. The monoisotopic (exact) mass is 480 g/mol. The molecule has 1 aliphatic rings. The third-order valence-corrected chi connectivity index (χ3v) is 6.47. The standard InChI is InChI=1S/C26H25FN2O4S/c1-17-14-20(15-24-25(30)28(12-13-32-3)26(31)34-24)18(2)29(17)22-8-10-23(11-9-22)33-16-19-4-6-21(27)7-5-19/h4-11,14-15H,12-13,16H2,1-3H3/b24-15+. The predicted octanol–water partition coefficient (Wildman–Crippen LogP) is 5.49. The Kier molecular flexibility index (Phi) is 7.19. The molecule has 4 rings (SSSR count). The summed E-state index contributed by atoms with van der Waals surface area (Å²) in [5.41, 5.74) is 4.69. The minimum absolute atomic E-state index is 0.243. The highest BCUT2D eigenvalue weighted by Crippen LogP contribution is 2.33. The van der Waals surface area contributed by atoms with E-state index in [0.29, 0.717) is 23.9 Å². The Bertz CT molecular complexity index is 1230. The van der Waals surface area contributed by atoms with Crippen LogP contribution in [0.4, 0.5) is 9.18 Å². The minimum Gasteiger partial charge on any atom is -0.489 e. The molecule has 0 unspecified atom stereocenters. The molecule has 8 heteroatoms. The number of ether oxygens (including phenoxy) is 2. The van der Waals surface area contributed by atoms with Crippen LogP contribution < -0.4 is 4.74 Å². The van der Waals surface area contributed by atoms with Crippen molar-refractivity contribution in [3.8, 4) is 11.4 Å². The van der Waals surface area contributed by atoms with Gasteiger partial charge in [0.25, 0.3) is 11.1 Å².